The fourth-order valence-electron chi connectivity index (χ4n) is 3.06. The summed E-state index contributed by atoms with van der Waals surface area (Å²) in [4.78, 5) is 66.8. The van der Waals surface area contributed by atoms with Crippen LogP contribution < -0.4 is 21.7 Å². The summed E-state index contributed by atoms with van der Waals surface area (Å²) in [6.07, 6.45) is 2.02. The first-order chi connectivity index (χ1) is 16.2. The van der Waals surface area contributed by atoms with Crippen molar-refractivity contribution >= 4 is 29.7 Å². The average Bonchev–Trinajstić information content (AvgIpc) is 3.31. The summed E-state index contributed by atoms with van der Waals surface area (Å²) in [5.41, 5.74) is 6.53. The second-order valence-electron chi connectivity index (χ2n) is 7.35. The van der Waals surface area contributed by atoms with E-state index in [9.17, 15) is 29.1 Å². The van der Waals surface area contributed by atoms with Crippen LogP contribution in [-0.2, 0) is 36.8 Å². The molecule has 1 aromatic heterocycles. The lowest BCUT2D eigenvalue weighted by Gasteiger charge is -2.24. The molecule has 3 amide bonds. The zero-order chi connectivity index (χ0) is 25.1. The molecule has 0 saturated carbocycles. The fourth-order valence-corrected chi connectivity index (χ4v) is 3.06. The second-order valence-corrected chi connectivity index (χ2v) is 7.35. The zero-order valence-electron chi connectivity index (χ0n) is 18.1. The molecule has 1 heterocycles. The highest BCUT2D eigenvalue weighted by atomic mass is 16.4. The Kier molecular flexibility index (Phi) is 9.71. The molecule has 0 fully saturated rings. The van der Waals surface area contributed by atoms with Crippen LogP contribution in [0.1, 0.15) is 17.7 Å². The van der Waals surface area contributed by atoms with Crippen molar-refractivity contribution in [2.45, 2.75) is 37.4 Å². The molecule has 0 saturated heterocycles. The number of aliphatic carboxylic acids is 2. The first-order valence-electron chi connectivity index (χ1n) is 10.3. The van der Waals surface area contributed by atoms with Gasteiger partial charge in [-0.2, -0.15) is 0 Å². The minimum atomic E-state index is -1.70. The highest BCUT2D eigenvalue weighted by Crippen LogP contribution is 2.07. The number of amides is 3. The second kappa shape index (κ2) is 12.7. The van der Waals surface area contributed by atoms with E-state index in [0.717, 1.165) is 0 Å². The van der Waals surface area contributed by atoms with Gasteiger partial charge >= 0.3 is 11.9 Å². The number of carboxylic acids is 2. The largest absolute Gasteiger partial charge is 0.481 e. The minimum absolute atomic E-state index is 0.0144. The maximum atomic E-state index is 13.0. The fraction of sp³-hybridized carbons (Fsp3) is 0.333. The molecule has 1 aromatic carbocycles. The molecule has 3 atom stereocenters. The van der Waals surface area contributed by atoms with Crippen molar-refractivity contribution in [3.8, 4) is 0 Å². The molecule has 34 heavy (non-hydrogen) atoms. The molecule has 2 rings (SSSR count). The summed E-state index contributed by atoms with van der Waals surface area (Å²) in [7, 11) is 0. The zero-order valence-corrected chi connectivity index (χ0v) is 18.1. The summed E-state index contributed by atoms with van der Waals surface area (Å²) in [5, 5.41) is 25.3. The number of nitrogens with one attached hydrogen (secondary N) is 4. The topological polar surface area (TPSA) is 217 Å². The monoisotopic (exact) mass is 474 g/mol. The molecule has 0 aliphatic rings. The summed E-state index contributed by atoms with van der Waals surface area (Å²) >= 11 is 0. The van der Waals surface area contributed by atoms with E-state index in [2.05, 4.69) is 25.9 Å². The van der Waals surface area contributed by atoms with Crippen molar-refractivity contribution in [3.05, 3.63) is 54.1 Å². The Morgan fingerprint density at radius 1 is 0.912 bits per heavy atom. The van der Waals surface area contributed by atoms with Crippen molar-refractivity contribution in [1.29, 1.82) is 0 Å². The number of benzene rings is 1. The van der Waals surface area contributed by atoms with Gasteiger partial charge in [0.15, 0.2) is 0 Å². The molecule has 0 spiro atoms. The van der Waals surface area contributed by atoms with Gasteiger partial charge in [0.2, 0.25) is 17.7 Å². The first kappa shape index (κ1) is 26.0. The predicted octanol–water partition coefficient (Wildman–Crippen LogP) is -1.83. The van der Waals surface area contributed by atoms with Gasteiger partial charge in [-0.05, 0) is 5.56 Å². The van der Waals surface area contributed by atoms with Crippen LogP contribution in [-0.4, -0.2) is 74.5 Å². The molecule has 2 aromatic rings. The Bertz CT molecular complexity index is 996. The average molecular weight is 474 g/mol. The Morgan fingerprint density at radius 3 is 2.06 bits per heavy atom. The lowest BCUT2D eigenvalue weighted by atomic mass is 10.0. The van der Waals surface area contributed by atoms with Crippen LogP contribution in [0.5, 0.6) is 0 Å². The smallest absolute Gasteiger partial charge is 0.326 e. The van der Waals surface area contributed by atoms with Crippen LogP contribution in [0.15, 0.2) is 42.9 Å². The predicted molar refractivity (Wildman–Crippen MR) is 117 cm³/mol. The molecule has 182 valence electrons. The van der Waals surface area contributed by atoms with E-state index in [1.54, 1.807) is 30.3 Å². The van der Waals surface area contributed by atoms with Gasteiger partial charge in [-0.15, -0.1) is 0 Å². The Hall–Kier alpha value is -4.26. The van der Waals surface area contributed by atoms with Gasteiger partial charge in [-0.1, -0.05) is 30.3 Å². The van der Waals surface area contributed by atoms with Crippen molar-refractivity contribution < 1.29 is 34.2 Å². The number of aromatic nitrogens is 2. The van der Waals surface area contributed by atoms with Gasteiger partial charge in [-0.25, -0.2) is 9.78 Å². The van der Waals surface area contributed by atoms with Crippen molar-refractivity contribution in [3.63, 3.8) is 0 Å². The quantitative estimate of drug-likeness (QED) is 0.173. The van der Waals surface area contributed by atoms with Crippen LogP contribution >= 0.6 is 0 Å². The van der Waals surface area contributed by atoms with Gasteiger partial charge in [-0.3, -0.25) is 19.2 Å². The number of carbonyl (C=O) groups is 5. The maximum Gasteiger partial charge on any atom is 0.326 e. The number of aromatic amines is 1. The number of imidazole rings is 1. The van der Waals surface area contributed by atoms with E-state index in [1.807, 2.05) is 0 Å². The summed E-state index contributed by atoms with van der Waals surface area (Å²) in [6, 6.07) is 4.54. The molecule has 0 aliphatic carbocycles. The van der Waals surface area contributed by atoms with E-state index in [4.69, 9.17) is 10.8 Å². The van der Waals surface area contributed by atoms with E-state index >= 15 is 0 Å². The molecule has 13 heteroatoms. The van der Waals surface area contributed by atoms with Crippen LogP contribution in [0.2, 0.25) is 0 Å². The van der Waals surface area contributed by atoms with Gasteiger partial charge in [0.25, 0.3) is 0 Å². The molecule has 0 bridgehead atoms. The SMILES string of the molecule is NCC(=O)NC(Cc1cnc[nH]1)C(=O)NC(Cc1ccccc1)C(=O)NC(CC(=O)O)C(=O)O. The summed E-state index contributed by atoms with van der Waals surface area (Å²) in [6.45, 7) is -0.365. The van der Waals surface area contributed by atoms with E-state index in [-0.39, 0.29) is 19.4 Å². The third-order valence-corrected chi connectivity index (χ3v) is 4.72. The lowest BCUT2D eigenvalue weighted by molar-refractivity contribution is -0.147. The number of hydrogen-bond acceptors (Lipinski definition) is 7. The third kappa shape index (κ3) is 8.35. The third-order valence-electron chi connectivity index (χ3n) is 4.72. The Balaban J connectivity index is 2.24. The van der Waals surface area contributed by atoms with Crippen LogP contribution in [0.3, 0.4) is 0 Å². The number of rotatable bonds is 13. The molecule has 0 aliphatic heterocycles. The molecule has 3 unspecified atom stereocenters. The van der Waals surface area contributed by atoms with E-state index in [1.165, 1.54) is 12.5 Å². The Morgan fingerprint density at radius 2 is 1.53 bits per heavy atom. The van der Waals surface area contributed by atoms with Crippen molar-refractivity contribution in [2.75, 3.05) is 6.54 Å². The molecular weight excluding hydrogens is 448 g/mol. The minimum Gasteiger partial charge on any atom is -0.481 e. The number of H-pyrrole nitrogens is 1. The summed E-state index contributed by atoms with van der Waals surface area (Å²) < 4.78 is 0. The normalized spacial score (nSPS) is 13.2. The molecule has 8 N–H and O–H groups in total. The number of hydrogen-bond donors (Lipinski definition) is 7. The molecular formula is C21H26N6O7. The summed E-state index contributed by atoms with van der Waals surface area (Å²) in [5.74, 6) is -5.17. The molecule has 0 radical (unpaired) electrons. The van der Waals surface area contributed by atoms with Crippen LogP contribution in [0.4, 0.5) is 0 Å². The number of carboxylic acid groups (broad SMARTS) is 2. The maximum absolute atomic E-state index is 13.0. The first-order valence-corrected chi connectivity index (χ1v) is 10.3. The van der Waals surface area contributed by atoms with E-state index < -0.39 is 54.2 Å². The molecule has 13 nitrogen and oxygen atoms in total. The number of nitrogens with zero attached hydrogens (tertiary/aromatic N) is 1. The highest BCUT2D eigenvalue weighted by Gasteiger charge is 2.30. The highest BCUT2D eigenvalue weighted by molar-refractivity contribution is 5.94. The van der Waals surface area contributed by atoms with Crippen LogP contribution in [0.25, 0.3) is 0 Å². The standard InChI is InChI=1S/C21H26N6O7/c22-9-17(28)25-15(7-13-10-23-11-24-13)20(32)26-14(6-12-4-2-1-3-5-12)19(31)27-16(21(33)34)8-18(29)30/h1-5,10-11,14-16H,6-9,22H2,(H,23,24)(H,25,28)(H,26,32)(H,27,31)(H,29,30)(H,33,34). The Labute approximate surface area is 194 Å². The number of nitrogens with two attached hydrogens (primary N) is 1. The lowest BCUT2D eigenvalue weighted by Crippen LogP contribution is -2.57. The van der Waals surface area contributed by atoms with Crippen molar-refractivity contribution in [2.24, 2.45) is 5.73 Å². The van der Waals surface area contributed by atoms with Gasteiger partial charge < -0.3 is 36.9 Å². The van der Waals surface area contributed by atoms with Gasteiger partial charge in [0.1, 0.15) is 18.1 Å². The number of carbonyl (C=O) groups excluding carboxylic acids is 3. The van der Waals surface area contributed by atoms with Crippen molar-refractivity contribution in [1.82, 2.24) is 25.9 Å². The van der Waals surface area contributed by atoms with Gasteiger partial charge in [0.05, 0.1) is 19.3 Å². The van der Waals surface area contributed by atoms with Crippen LogP contribution in [0, 0.1) is 0 Å². The van der Waals surface area contributed by atoms with Gasteiger partial charge in [0, 0.05) is 24.7 Å². The van der Waals surface area contributed by atoms with E-state index in [0.29, 0.717) is 11.3 Å².